The molecule has 0 bridgehead atoms. The van der Waals surface area contributed by atoms with Crippen molar-refractivity contribution in [1.82, 2.24) is 14.8 Å². The van der Waals surface area contributed by atoms with Gasteiger partial charge in [-0.15, -0.1) is 0 Å². The Morgan fingerprint density at radius 1 is 1.42 bits per heavy atom. The number of rotatable bonds is 6. The van der Waals surface area contributed by atoms with Crippen molar-refractivity contribution >= 4 is 11.9 Å². The molecule has 1 amide bonds. The molecule has 0 radical (unpaired) electrons. The maximum Gasteiger partial charge on any atom is 0.248 e. The highest BCUT2D eigenvalue weighted by Crippen LogP contribution is 2.38. The smallest absolute Gasteiger partial charge is 0.248 e. The van der Waals surface area contributed by atoms with Crippen LogP contribution in [0, 0.1) is 0 Å². The van der Waals surface area contributed by atoms with Gasteiger partial charge >= 0.3 is 0 Å². The van der Waals surface area contributed by atoms with Crippen molar-refractivity contribution in [3.8, 4) is 5.75 Å². The standard InChI is InChI=1S/C17H21N5O2/c1-3-4-9-24-13-8-6-5-7-12(13)15-14(16(18)23)11(2)21-17-19-10-20-22(15)17/h5-8,10,15H,3-4,9H2,1-2H3,(H2,18,23)(H,19,20,21)/t15-/m1/s1. The SMILES string of the molecule is CCCCOc1ccccc1[C@@H]1C(C(N)=O)=C(C)Nc2ncnn21. The van der Waals surface area contributed by atoms with Gasteiger partial charge in [-0.25, -0.2) is 4.68 Å². The van der Waals surface area contributed by atoms with Gasteiger partial charge in [0.2, 0.25) is 11.9 Å². The van der Waals surface area contributed by atoms with Gasteiger partial charge in [0.15, 0.2) is 0 Å². The molecule has 24 heavy (non-hydrogen) atoms. The van der Waals surface area contributed by atoms with Crippen molar-refractivity contribution in [1.29, 1.82) is 0 Å². The molecule has 0 spiro atoms. The van der Waals surface area contributed by atoms with E-state index in [0.29, 0.717) is 23.8 Å². The van der Waals surface area contributed by atoms with Crippen LogP contribution in [0.2, 0.25) is 0 Å². The van der Waals surface area contributed by atoms with Gasteiger partial charge in [-0.1, -0.05) is 31.5 Å². The number of allylic oxidation sites excluding steroid dienone is 1. The number of fused-ring (bicyclic) bond motifs is 1. The number of unbranched alkanes of at least 4 members (excludes halogenated alkanes) is 1. The van der Waals surface area contributed by atoms with E-state index in [4.69, 9.17) is 10.5 Å². The molecule has 0 fully saturated rings. The summed E-state index contributed by atoms with van der Waals surface area (Å²) in [6.07, 6.45) is 3.47. The summed E-state index contributed by atoms with van der Waals surface area (Å²) in [5, 5.41) is 7.33. The van der Waals surface area contributed by atoms with Gasteiger partial charge < -0.3 is 15.8 Å². The molecule has 1 aromatic carbocycles. The average Bonchev–Trinajstić information content (AvgIpc) is 3.02. The second kappa shape index (κ2) is 6.74. The number of carbonyl (C=O) groups is 1. The first-order chi connectivity index (χ1) is 11.6. The fourth-order valence-corrected chi connectivity index (χ4v) is 2.86. The van der Waals surface area contributed by atoms with Gasteiger partial charge in [0.1, 0.15) is 18.1 Å². The van der Waals surface area contributed by atoms with E-state index in [1.54, 1.807) is 4.68 Å². The second-order valence-electron chi connectivity index (χ2n) is 5.70. The summed E-state index contributed by atoms with van der Waals surface area (Å²) in [6.45, 7) is 4.55. The number of aromatic nitrogens is 3. The van der Waals surface area contributed by atoms with Gasteiger partial charge in [0, 0.05) is 11.3 Å². The van der Waals surface area contributed by atoms with E-state index in [-0.39, 0.29) is 0 Å². The average molecular weight is 327 g/mol. The lowest BCUT2D eigenvalue weighted by atomic mass is 9.94. The maximum atomic E-state index is 12.1. The van der Waals surface area contributed by atoms with E-state index in [1.807, 2.05) is 31.2 Å². The number of nitrogens with zero attached hydrogens (tertiary/aromatic N) is 3. The van der Waals surface area contributed by atoms with Crippen LogP contribution in [0.3, 0.4) is 0 Å². The molecule has 1 aliphatic heterocycles. The third-order valence-electron chi connectivity index (χ3n) is 4.03. The zero-order valence-corrected chi connectivity index (χ0v) is 13.8. The van der Waals surface area contributed by atoms with Gasteiger partial charge in [-0.05, 0) is 19.4 Å². The predicted octanol–water partition coefficient (Wildman–Crippen LogP) is 2.23. The molecule has 2 heterocycles. The number of hydrogen-bond acceptors (Lipinski definition) is 5. The lowest BCUT2D eigenvalue weighted by Crippen LogP contribution is -2.32. The Kier molecular flexibility index (Phi) is 4.50. The number of anilines is 1. The van der Waals surface area contributed by atoms with Crippen LogP contribution in [-0.4, -0.2) is 27.3 Å². The minimum Gasteiger partial charge on any atom is -0.493 e. The number of amides is 1. The Balaban J connectivity index is 2.08. The van der Waals surface area contributed by atoms with Crippen LogP contribution in [0.25, 0.3) is 0 Å². The summed E-state index contributed by atoms with van der Waals surface area (Å²) in [6, 6.07) is 7.19. The molecule has 7 nitrogen and oxygen atoms in total. The van der Waals surface area contributed by atoms with Crippen molar-refractivity contribution in [2.75, 3.05) is 11.9 Å². The molecular weight excluding hydrogens is 306 g/mol. The number of carbonyl (C=O) groups excluding carboxylic acids is 1. The molecule has 7 heteroatoms. The highest BCUT2D eigenvalue weighted by Gasteiger charge is 2.33. The summed E-state index contributed by atoms with van der Waals surface area (Å²) in [7, 11) is 0. The monoisotopic (exact) mass is 327 g/mol. The zero-order valence-electron chi connectivity index (χ0n) is 13.8. The number of nitrogens with one attached hydrogen (secondary N) is 1. The van der Waals surface area contributed by atoms with Crippen LogP contribution in [0.4, 0.5) is 5.95 Å². The minimum absolute atomic E-state index is 0.458. The Morgan fingerprint density at radius 2 is 2.21 bits per heavy atom. The van der Waals surface area contributed by atoms with E-state index in [2.05, 4.69) is 22.3 Å². The molecular formula is C17H21N5O2. The second-order valence-corrected chi connectivity index (χ2v) is 5.70. The normalized spacial score (nSPS) is 16.5. The van der Waals surface area contributed by atoms with Crippen molar-refractivity contribution < 1.29 is 9.53 Å². The van der Waals surface area contributed by atoms with Crippen molar-refractivity contribution in [2.24, 2.45) is 5.73 Å². The first kappa shape index (κ1) is 16.0. The molecule has 3 N–H and O–H groups in total. The van der Waals surface area contributed by atoms with E-state index >= 15 is 0 Å². The summed E-state index contributed by atoms with van der Waals surface area (Å²) < 4.78 is 7.59. The van der Waals surface area contributed by atoms with Crippen molar-refractivity contribution in [2.45, 2.75) is 32.7 Å². The fourth-order valence-electron chi connectivity index (χ4n) is 2.86. The lowest BCUT2D eigenvalue weighted by molar-refractivity contribution is -0.115. The molecule has 3 rings (SSSR count). The van der Waals surface area contributed by atoms with Crippen LogP contribution in [0.15, 0.2) is 41.9 Å². The molecule has 1 aromatic heterocycles. The Bertz CT molecular complexity index is 781. The van der Waals surface area contributed by atoms with Gasteiger partial charge in [0.25, 0.3) is 0 Å². The molecule has 126 valence electrons. The summed E-state index contributed by atoms with van der Waals surface area (Å²) in [5.41, 5.74) is 7.62. The van der Waals surface area contributed by atoms with Crippen LogP contribution >= 0.6 is 0 Å². The minimum atomic E-state index is -0.491. The largest absolute Gasteiger partial charge is 0.493 e. The van der Waals surface area contributed by atoms with Gasteiger partial charge in [-0.3, -0.25) is 4.79 Å². The number of benzene rings is 1. The molecule has 0 saturated carbocycles. The highest BCUT2D eigenvalue weighted by atomic mass is 16.5. The van der Waals surface area contributed by atoms with E-state index in [1.165, 1.54) is 6.33 Å². The van der Waals surface area contributed by atoms with Crippen LogP contribution in [0.1, 0.15) is 38.3 Å². The Hall–Kier alpha value is -2.83. The summed E-state index contributed by atoms with van der Waals surface area (Å²) >= 11 is 0. The quantitative estimate of drug-likeness (QED) is 0.793. The molecule has 1 aliphatic rings. The Labute approximate surface area is 140 Å². The lowest BCUT2D eigenvalue weighted by Gasteiger charge is -2.28. The fraction of sp³-hybridized carbons (Fsp3) is 0.353. The Morgan fingerprint density at radius 3 is 2.96 bits per heavy atom. The first-order valence-corrected chi connectivity index (χ1v) is 8.02. The topological polar surface area (TPSA) is 95.1 Å². The molecule has 0 saturated heterocycles. The van der Waals surface area contributed by atoms with Crippen LogP contribution in [0.5, 0.6) is 5.75 Å². The number of nitrogens with two attached hydrogens (primary N) is 1. The van der Waals surface area contributed by atoms with Gasteiger partial charge in [0.05, 0.1) is 12.2 Å². The van der Waals surface area contributed by atoms with E-state index in [0.717, 1.165) is 24.2 Å². The number of hydrogen-bond donors (Lipinski definition) is 2. The highest BCUT2D eigenvalue weighted by molar-refractivity contribution is 5.95. The number of para-hydroxylation sites is 1. The van der Waals surface area contributed by atoms with Crippen LogP contribution < -0.4 is 15.8 Å². The third kappa shape index (κ3) is 2.84. The maximum absolute atomic E-state index is 12.1. The summed E-state index contributed by atoms with van der Waals surface area (Å²) in [4.78, 5) is 16.3. The zero-order chi connectivity index (χ0) is 17.1. The van der Waals surface area contributed by atoms with Crippen molar-refractivity contribution in [3.05, 3.63) is 47.4 Å². The third-order valence-corrected chi connectivity index (χ3v) is 4.03. The van der Waals surface area contributed by atoms with E-state index in [9.17, 15) is 4.79 Å². The van der Waals surface area contributed by atoms with Gasteiger partial charge in [-0.2, -0.15) is 10.1 Å². The predicted molar refractivity (Wildman–Crippen MR) is 90.5 cm³/mol. The van der Waals surface area contributed by atoms with Crippen LogP contribution in [-0.2, 0) is 4.79 Å². The molecule has 0 unspecified atom stereocenters. The van der Waals surface area contributed by atoms with Crippen molar-refractivity contribution in [3.63, 3.8) is 0 Å². The number of ether oxygens (including phenoxy) is 1. The first-order valence-electron chi connectivity index (χ1n) is 8.02. The molecule has 1 atom stereocenters. The number of primary amides is 1. The molecule has 0 aliphatic carbocycles. The molecule has 2 aromatic rings. The van der Waals surface area contributed by atoms with E-state index < -0.39 is 11.9 Å². The summed E-state index contributed by atoms with van der Waals surface area (Å²) in [5.74, 6) is 0.811.